The second kappa shape index (κ2) is 4.63. The van der Waals surface area contributed by atoms with Crippen molar-refractivity contribution in [2.45, 2.75) is 11.8 Å². The molecule has 0 radical (unpaired) electrons. The van der Waals surface area contributed by atoms with E-state index in [2.05, 4.69) is 12.2 Å². The largest absolute Gasteiger partial charge is 0.398 e. The Morgan fingerprint density at radius 3 is 2.77 bits per heavy atom. The van der Waals surface area contributed by atoms with Crippen molar-refractivity contribution in [2.24, 2.45) is 0 Å². The van der Waals surface area contributed by atoms with Crippen LogP contribution in [-0.4, -0.2) is 12.8 Å². The van der Waals surface area contributed by atoms with Gasteiger partial charge in [0.25, 0.3) is 0 Å². The van der Waals surface area contributed by atoms with Crippen LogP contribution in [0.5, 0.6) is 0 Å². The van der Waals surface area contributed by atoms with Crippen molar-refractivity contribution in [1.29, 1.82) is 0 Å². The summed E-state index contributed by atoms with van der Waals surface area (Å²) in [5.41, 5.74) is 7.49. The maximum absolute atomic E-state index is 6.01. The van der Waals surface area contributed by atoms with Gasteiger partial charge in [0.15, 0.2) is 0 Å². The lowest BCUT2D eigenvalue weighted by Crippen LogP contribution is -1.94. The van der Waals surface area contributed by atoms with E-state index in [4.69, 9.17) is 17.3 Å². The fourth-order valence-corrected chi connectivity index (χ4v) is 2.10. The van der Waals surface area contributed by atoms with Crippen molar-refractivity contribution >= 4 is 34.7 Å². The lowest BCUT2D eigenvalue weighted by molar-refractivity contribution is 1.41. The number of hydrogen-bond acceptors (Lipinski definition) is 3. The Hall–Kier alpha value is -0.540. The standard InChI is InChI=1S/C9H13ClN2S/c1-3-13-9-4-6(10)8(12-2)5-7(9)11/h4-5,12H,3,11H2,1-2H3. The summed E-state index contributed by atoms with van der Waals surface area (Å²) in [7, 11) is 1.83. The highest BCUT2D eigenvalue weighted by molar-refractivity contribution is 7.99. The third kappa shape index (κ3) is 2.45. The van der Waals surface area contributed by atoms with Gasteiger partial charge >= 0.3 is 0 Å². The number of nitrogens with two attached hydrogens (primary N) is 1. The number of thioether (sulfide) groups is 1. The van der Waals surface area contributed by atoms with Gasteiger partial charge < -0.3 is 11.1 Å². The number of rotatable bonds is 3. The highest BCUT2D eigenvalue weighted by Gasteiger charge is 2.04. The molecule has 0 aliphatic heterocycles. The molecule has 1 rings (SSSR count). The lowest BCUT2D eigenvalue weighted by atomic mass is 10.3. The molecule has 0 bridgehead atoms. The van der Waals surface area contributed by atoms with Crippen LogP contribution in [-0.2, 0) is 0 Å². The molecule has 0 spiro atoms. The first-order valence-corrected chi connectivity index (χ1v) is 5.45. The fourth-order valence-electron chi connectivity index (χ4n) is 1.04. The summed E-state index contributed by atoms with van der Waals surface area (Å²) in [6.45, 7) is 2.09. The van der Waals surface area contributed by atoms with Gasteiger partial charge in [0.2, 0.25) is 0 Å². The zero-order valence-corrected chi connectivity index (χ0v) is 9.30. The van der Waals surface area contributed by atoms with Gasteiger partial charge in [-0.05, 0) is 17.9 Å². The molecule has 72 valence electrons. The average Bonchev–Trinajstić information content (AvgIpc) is 2.11. The summed E-state index contributed by atoms with van der Waals surface area (Å²) in [6.07, 6.45) is 0. The molecule has 13 heavy (non-hydrogen) atoms. The summed E-state index contributed by atoms with van der Waals surface area (Å²) in [5.74, 6) is 0.999. The minimum Gasteiger partial charge on any atom is -0.398 e. The molecule has 2 nitrogen and oxygen atoms in total. The van der Waals surface area contributed by atoms with Gasteiger partial charge in [-0.3, -0.25) is 0 Å². The van der Waals surface area contributed by atoms with Crippen LogP contribution in [0.4, 0.5) is 11.4 Å². The summed E-state index contributed by atoms with van der Waals surface area (Å²) in [4.78, 5) is 1.05. The van der Waals surface area contributed by atoms with Crippen molar-refractivity contribution in [2.75, 3.05) is 23.9 Å². The minimum atomic E-state index is 0.715. The molecule has 0 saturated carbocycles. The van der Waals surface area contributed by atoms with E-state index in [0.717, 1.165) is 22.0 Å². The van der Waals surface area contributed by atoms with Gasteiger partial charge in [0, 0.05) is 17.6 Å². The molecule has 0 aliphatic rings. The lowest BCUT2D eigenvalue weighted by Gasteiger charge is -2.08. The third-order valence-electron chi connectivity index (χ3n) is 1.67. The Morgan fingerprint density at radius 2 is 2.23 bits per heavy atom. The summed E-state index contributed by atoms with van der Waals surface area (Å²) < 4.78 is 0. The number of halogens is 1. The molecular weight excluding hydrogens is 204 g/mol. The van der Waals surface area contributed by atoms with Crippen LogP contribution < -0.4 is 11.1 Å². The quantitative estimate of drug-likeness (QED) is 0.603. The molecule has 0 unspecified atom stereocenters. The summed E-state index contributed by atoms with van der Waals surface area (Å²) >= 11 is 7.70. The predicted octanol–water partition coefficient (Wildman–Crippen LogP) is 3.08. The molecule has 1 aromatic carbocycles. The van der Waals surface area contributed by atoms with E-state index in [1.807, 2.05) is 19.2 Å². The summed E-state index contributed by atoms with van der Waals surface area (Å²) in [6, 6.07) is 3.76. The number of hydrogen-bond donors (Lipinski definition) is 2. The smallest absolute Gasteiger partial charge is 0.0650 e. The third-order valence-corrected chi connectivity index (χ3v) is 2.93. The van der Waals surface area contributed by atoms with Crippen LogP contribution in [0.15, 0.2) is 17.0 Å². The van der Waals surface area contributed by atoms with Gasteiger partial charge in [-0.2, -0.15) is 0 Å². The highest BCUT2D eigenvalue weighted by Crippen LogP contribution is 2.33. The van der Waals surface area contributed by atoms with E-state index < -0.39 is 0 Å². The van der Waals surface area contributed by atoms with Gasteiger partial charge in [-0.25, -0.2) is 0 Å². The Balaban J connectivity index is 3.05. The van der Waals surface area contributed by atoms with Gasteiger partial charge in [0.1, 0.15) is 0 Å². The van der Waals surface area contributed by atoms with Crippen molar-refractivity contribution in [1.82, 2.24) is 0 Å². The van der Waals surface area contributed by atoms with Crippen LogP contribution in [0.1, 0.15) is 6.92 Å². The molecular formula is C9H13ClN2S. The van der Waals surface area contributed by atoms with Crippen molar-refractivity contribution < 1.29 is 0 Å². The molecule has 0 saturated heterocycles. The predicted molar refractivity (Wildman–Crippen MR) is 61.8 cm³/mol. The molecule has 3 N–H and O–H groups in total. The van der Waals surface area contributed by atoms with E-state index in [9.17, 15) is 0 Å². The molecule has 0 atom stereocenters. The molecule has 0 fully saturated rings. The zero-order chi connectivity index (χ0) is 9.84. The topological polar surface area (TPSA) is 38.0 Å². The maximum Gasteiger partial charge on any atom is 0.0650 e. The molecule has 0 heterocycles. The molecule has 0 amide bonds. The van der Waals surface area contributed by atoms with E-state index >= 15 is 0 Å². The Bertz CT molecular complexity index is 302. The molecule has 1 aromatic rings. The molecule has 0 aromatic heterocycles. The van der Waals surface area contributed by atoms with Crippen molar-refractivity contribution in [3.8, 4) is 0 Å². The molecule has 0 aliphatic carbocycles. The zero-order valence-electron chi connectivity index (χ0n) is 7.73. The van der Waals surface area contributed by atoms with Crippen molar-refractivity contribution in [3.05, 3.63) is 17.2 Å². The summed E-state index contributed by atoms with van der Waals surface area (Å²) in [5, 5.41) is 3.70. The van der Waals surface area contributed by atoms with Gasteiger partial charge in [-0.1, -0.05) is 18.5 Å². The van der Waals surface area contributed by atoms with E-state index in [-0.39, 0.29) is 0 Å². The first kappa shape index (κ1) is 10.5. The second-order valence-corrected chi connectivity index (χ2v) is 4.27. The first-order chi connectivity index (χ1) is 6.19. The Labute approximate surface area is 87.8 Å². The first-order valence-electron chi connectivity index (χ1n) is 4.08. The normalized spacial score (nSPS) is 10.1. The monoisotopic (exact) mass is 216 g/mol. The van der Waals surface area contributed by atoms with E-state index in [1.54, 1.807) is 11.8 Å². The minimum absolute atomic E-state index is 0.715. The Kier molecular flexibility index (Phi) is 3.75. The maximum atomic E-state index is 6.01. The van der Waals surface area contributed by atoms with Gasteiger partial charge in [-0.15, -0.1) is 11.8 Å². The molecule has 4 heteroatoms. The van der Waals surface area contributed by atoms with E-state index in [1.165, 1.54) is 0 Å². The number of nitrogens with one attached hydrogen (secondary N) is 1. The average molecular weight is 217 g/mol. The SMILES string of the molecule is CCSc1cc(Cl)c(NC)cc1N. The Morgan fingerprint density at radius 1 is 1.54 bits per heavy atom. The van der Waals surface area contributed by atoms with Crippen LogP contribution in [0, 0.1) is 0 Å². The number of anilines is 2. The fraction of sp³-hybridized carbons (Fsp3) is 0.333. The van der Waals surface area contributed by atoms with Gasteiger partial charge in [0.05, 0.1) is 10.7 Å². The van der Waals surface area contributed by atoms with Crippen LogP contribution in [0.25, 0.3) is 0 Å². The number of nitrogen functional groups attached to an aromatic ring is 1. The number of benzene rings is 1. The van der Waals surface area contributed by atoms with E-state index in [0.29, 0.717) is 5.02 Å². The highest BCUT2D eigenvalue weighted by atomic mass is 35.5. The van der Waals surface area contributed by atoms with Crippen molar-refractivity contribution in [3.63, 3.8) is 0 Å². The van der Waals surface area contributed by atoms with Crippen LogP contribution in [0.2, 0.25) is 5.02 Å². The van der Waals surface area contributed by atoms with Crippen LogP contribution >= 0.6 is 23.4 Å². The second-order valence-electron chi connectivity index (χ2n) is 2.55. The van der Waals surface area contributed by atoms with Crippen LogP contribution in [0.3, 0.4) is 0 Å².